The van der Waals surface area contributed by atoms with Gasteiger partial charge in [-0.3, -0.25) is 4.79 Å². The maximum absolute atomic E-state index is 11.1. The number of hydrogen-bond acceptors (Lipinski definition) is 2. The molecule has 0 saturated heterocycles. The van der Waals surface area contributed by atoms with Gasteiger partial charge in [0.1, 0.15) is 0 Å². The van der Waals surface area contributed by atoms with Crippen LogP contribution in [0.3, 0.4) is 0 Å². The van der Waals surface area contributed by atoms with Crippen molar-refractivity contribution in [2.24, 2.45) is 17.3 Å². The van der Waals surface area contributed by atoms with Gasteiger partial charge in [-0.15, -0.1) is 0 Å². The summed E-state index contributed by atoms with van der Waals surface area (Å²) in [5.74, 6) is -0.0279. The monoisotopic (exact) mass is 267 g/mol. The van der Waals surface area contributed by atoms with Crippen molar-refractivity contribution in [1.29, 1.82) is 0 Å². The van der Waals surface area contributed by atoms with Crippen molar-refractivity contribution in [3.8, 4) is 0 Å². The lowest BCUT2D eigenvalue weighted by Crippen LogP contribution is -2.48. The van der Waals surface area contributed by atoms with Gasteiger partial charge in [-0.1, -0.05) is 27.2 Å². The lowest BCUT2D eigenvalue weighted by molar-refractivity contribution is -0.143. The largest absolute Gasteiger partial charge is 0.481 e. The van der Waals surface area contributed by atoms with Gasteiger partial charge in [0, 0.05) is 12.1 Å². The predicted molar refractivity (Wildman–Crippen MR) is 77.1 cm³/mol. The van der Waals surface area contributed by atoms with E-state index in [9.17, 15) is 4.79 Å². The minimum absolute atomic E-state index is 0.124. The molecule has 4 unspecified atom stereocenters. The molecule has 0 radical (unpaired) electrons. The van der Waals surface area contributed by atoms with E-state index >= 15 is 0 Å². The van der Waals surface area contributed by atoms with E-state index in [1.54, 1.807) is 0 Å². The van der Waals surface area contributed by atoms with Crippen LogP contribution in [-0.2, 0) is 4.79 Å². The van der Waals surface area contributed by atoms with E-state index in [4.69, 9.17) is 5.11 Å². The Bertz CT molecular complexity index is 327. The second-order valence-corrected chi connectivity index (χ2v) is 7.56. The summed E-state index contributed by atoms with van der Waals surface area (Å²) in [5.41, 5.74) is 0.480. The summed E-state index contributed by atoms with van der Waals surface area (Å²) in [6.45, 7) is 7.07. The molecule has 0 spiro atoms. The van der Waals surface area contributed by atoms with Gasteiger partial charge in [0.15, 0.2) is 0 Å². The predicted octanol–water partition coefficient (Wildman–Crippen LogP) is 3.43. The lowest BCUT2D eigenvalue weighted by Gasteiger charge is -2.42. The van der Waals surface area contributed by atoms with Crippen molar-refractivity contribution < 1.29 is 9.90 Å². The Morgan fingerprint density at radius 2 is 2.00 bits per heavy atom. The standard InChI is InChI=1S/C16H29NO2/c1-11-10-16(2,3)8-7-14(11)17-13-6-4-5-12(9-13)15(18)19/h11-14,17H,4-10H2,1-3H3,(H,18,19). The lowest BCUT2D eigenvalue weighted by atomic mass is 9.70. The zero-order valence-corrected chi connectivity index (χ0v) is 12.6. The van der Waals surface area contributed by atoms with Crippen LogP contribution in [-0.4, -0.2) is 23.2 Å². The summed E-state index contributed by atoms with van der Waals surface area (Å²) >= 11 is 0. The molecular formula is C16H29NO2. The van der Waals surface area contributed by atoms with Gasteiger partial charge in [-0.05, 0) is 49.9 Å². The van der Waals surface area contributed by atoms with E-state index in [0.29, 0.717) is 23.4 Å². The van der Waals surface area contributed by atoms with Crippen LogP contribution in [0.5, 0.6) is 0 Å². The van der Waals surface area contributed by atoms with E-state index in [0.717, 1.165) is 25.7 Å². The number of carboxylic acids is 1. The average Bonchev–Trinajstić information content (AvgIpc) is 2.32. The minimum Gasteiger partial charge on any atom is -0.481 e. The maximum atomic E-state index is 11.1. The Morgan fingerprint density at radius 1 is 1.26 bits per heavy atom. The molecule has 0 bridgehead atoms. The minimum atomic E-state index is -0.607. The number of carboxylic acid groups (broad SMARTS) is 1. The average molecular weight is 267 g/mol. The third kappa shape index (κ3) is 3.95. The third-order valence-electron chi connectivity index (χ3n) is 5.17. The number of carbonyl (C=O) groups is 1. The smallest absolute Gasteiger partial charge is 0.306 e. The second-order valence-electron chi connectivity index (χ2n) is 7.56. The third-order valence-corrected chi connectivity index (χ3v) is 5.17. The Hall–Kier alpha value is -0.570. The molecule has 110 valence electrons. The molecule has 0 amide bonds. The topological polar surface area (TPSA) is 49.3 Å². The molecule has 2 fully saturated rings. The van der Waals surface area contributed by atoms with Crippen LogP contribution in [0.4, 0.5) is 0 Å². The van der Waals surface area contributed by atoms with E-state index in [-0.39, 0.29) is 5.92 Å². The molecule has 3 heteroatoms. The summed E-state index contributed by atoms with van der Waals surface area (Å²) in [5, 5.41) is 12.9. The van der Waals surface area contributed by atoms with E-state index < -0.39 is 5.97 Å². The van der Waals surface area contributed by atoms with Crippen LogP contribution in [0.2, 0.25) is 0 Å². The second kappa shape index (κ2) is 5.82. The summed E-state index contributed by atoms with van der Waals surface area (Å²) < 4.78 is 0. The van der Waals surface area contributed by atoms with Crippen molar-refractivity contribution in [2.45, 2.75) is 77.8 Å². The van der Waals surface area contributed by atoms with Crippen LogP contribution >= 0.6 is 0 Å². The molecule has 2 aliphatic carbocycles. The molecule has 4 atom stereocenters. The zero-order valence-electron chi connectivity index (χ0n) is 12.6. The number of aliphatic carboxylic acids is 1. The first kappa shape index (κ1) is 14.8. The fraction of sp³-hybridized carbons (Fsp3) is 0.938. The van der Waals surface area contributed by atoms with Crippen molar-refractivity contribution in [1.82, 2.24) is 5.32 Å². The van der Waals surface area contributed by atoms with Gasteiger partial charge in [0.05, 0.1) is 5.92 Å². The summed E-state index contributed by atoms with van der Waals surface area (Å²) in [6.07, 6.45) is 7.69. The molecule has 0 heterocycles. The molecule has 0 aromatic rings. The molecule has 2 aliphatic rings. The van der Waals surface area contributed by atoms with Gasteiger partial charge < -0.3 is 10.4 Å². The summed E-state index contributed by atoms with van der Waals surface area (Å²) in [7, 11) is 0. The van der Waals surface area contributed by atoms with Crippen LogP contribution in [0.25, 0.3) is 0 Å². The molecule has 19 heavy (non-hydrogen) atoms. The highest BCUT2D eigenvalue weighted by Crippen LogP contribution is 2.39. The van der Waals surface area contributed by atoms with Crippen molar-refractivity contribution in [3.05, 3.63) is 0 Å². The Balaban J connectivity index is 1.85. The van der Waals surface area contributed by atoms with Crippen LogP contribution in [0, 0.1) is 17.3 Å². The molecule has 0 aliphatic heterocycles. The fourth-order valence-corrected chi connectivity index (χ4v) is 4.06. The van der Waals surface area contributed by atoms with Gasteiger partial charge in [0.25, 0.3) is 0 Å². The first-order chi connectivity index (χ1) is 8.87. The van der Waals surface area contributed by atoms with Crippen molar-refractivity contribution in [3.63, 3.8) is 0 Å². The molecule has 2 rings (SSSR count). The molecule has 0 aromatic heterocycles. The highest BCUT2D eigenvalue weighted by Gasteiger charge is 2.34. The fourth-order valence-electron chi connectivity index (χ4n) is 4.06. The van der Waals surface area contributed by atoms with E-state index in [2.05, 4.69) is 26.1 Å². The number of hydrogen-bond donors (Lipinski definition) is 2. The quantitative estimate of drug-likeness (QED) is 0.823. The summed E-state index contributed by atoms with van der Waals surface area (Å²) in [6, 6.07) is 1.01. The van der Waals surface area contributed by atoms with Gasteiger partial charge in [-0.25, -0.2) is 0 Å². The summed E-state index contributed by atoms with van der Waals surface area (Å²) in [4.78, 5) is 11.1. The van der Waals surface area contributed by atoms with Crippen molar-refractivity contribution >= 4 is 5.97 Å². The normalized spacial score (nSPS) is 38.9. The van der Waals surface area contributed by atoms with Crippen molar-refractivity contribution in [2.75, 3.05) is 0 Å². The number of nitrogens with one attached hydrogen (secondary N) is 1. The van der Waals surface area contributed by atoms with Crippen LogP contribution < -0.4 is 5.32 Å². The SMILES string of the molecule is CC1CC(C)(C)CCC1NC1CCCC(C(=O)O)C1. The molecular weight excluding hydrogens is 238 g/mol. The first-order valence-corrected chi connectivity index (χ1v) is 7.86. The first-order valence-electron chi connectivity index (χ1n) is 7.86. The highest BCUT2D eigenvalue weighted by atomic mass is 16.4. The molecule has 0 aromatic carbocycles. The Morgan fingerprint density at radius 3 is 2.63 bits per heavy atom. The van der Waals surface area contributed by atoms with Crippen LogP contribution in [0.15, 0.2) is 0 Å². The highest BCUT2D eigenvalue weighted by molar-refractivity contribution is 5.70. The maximum Gasteiger partial charge on any atom is 0.306 e. The number of rotatable bonds is 3. The van der Waals surface area contributed by atoms with Gasteiger partial charge >= 0.3 is 5.97 Å². The molecule has 3 nitrogen and oxygen atoms in total. The molecule has 2 saturated carbocycles. The molecule has 2 N–H and O–H groups in total. The van der Waals surface area contributed by atoms with Crippen LogP contribution in [0.1, 0.15) is 65.7 Å². The van der Waals surface area contributed by atoms with E-state index in [1.165, 1.54) is 19.3 Å². The van der Waals surface area contributed by atoms with Gasteiger partial charge in [0.2, 0.25) is 0 Å². The Labute approximate surface area is 117 Å². The zero-order chi connectivity index (χ0) is 14.0. The Kier molecular flexibility index (Phi) is 4.54. The van der Waals surface area contributed by atoms with Gasteiger partial charge in [-0.2, -0.15) is 0 Å². The van der Waals surface area contributed by atoms with E-state index in [1.807, 2.05) is 0 Å².